The Morgan fingerprint density at radius 1 is 1.54 bits per heavy atom. The lowest BCUT2D eigenvalue weighted by Gasteiger charge is -1.88. The predicted molar refractivity (Wildman–Crippen MR) is 42.6 cm³/mol. The highest BCUT2D eigenvalue weighted by Gasteiger charge is 1.93. The molecule has 0 aliphatic heterocycles. The maximum absolute atomic E-state index is 10.6. The molecule has 0 aromatic carbocycles. The number of aromatic hydroxyl groups is 1. The molecule has 1 heterocycles. The molecule has 0 radical (unpaired) electrons. The van der Waals surface area contributed by atoms with E-state index < -0.39 is 5.97 Å². The van der Waals surface area contributed by atoms with E-state index in [4.69, 9.17) is 5.11 Å². The summed E-state index contributed by atoms with van der Waals surface area (Å²) in [7, 11) is 1.23. The zero-order valence-corrected chi connectivity index (χ0v) is 6.81. The topological polar surface area (TPSA) is 72.3 Å². The second-order valence-corrected chi connectivity index (χ2v) is 2.01. The van der Waals surface area contributed by atoms with Crippen LogP contribution in [0.2, 0.25) is 0 Å². The van der Waals surface area contributed by atoms with Gasteiger partial charge in [-0.2, -0.15) is 0 Å². The molecule has 0 unspecified atom stereocenters. The smallest absolute Gasteiger partial charge is 0.384 e. The largest absolute Gasteiger partial charge is 0.505 e. The zero-order chi connectivity index (χ0) is 9.68. The molecule has 1 aromatic rings. The molecule has 1 aromatic heterocycles. The molecule has 0 aliphatic rings. The number of methoxy groups -OCH3 is 1. The average molecular weight is 178 g/mol. The SMILES string of the molecule is COC(=O)C#Cc1ncc(O)cn1. The normalized spacial score (nSPS) is 8.38. The molecular formula is C8H6N2O3. The molecule has 1 rings (SSSR count). The van der Waals surface area contributed by atoms with Crippen molar-refractivity contribution in [3.8, 4) is 17.6 Å². The van der Waals surface area contributed by atoms with Crippen molar-refractivity contribution in [2.45, 2.75) is 0 Å². The fraction of sp³-hybridized carbons (Fsp3) is 0.125. The molecule has 0 saturated heterocycles. The van der Waals surface area contributed by atoms with Gasteiger partial charge in [0.25, 0.3) is 0 Å². The minimum absolute atomic E-state index is 0.0522. The van der Waals surface area contributed by atoms with E-state index in [1.165, 1.54) is 19.5 Å². The van der Waals surface area contributed by atoms with E-state index in [-0.39, 0.29) is 11.6 Å². The number of ether oxygens (including phenoxy) is 1. The Kier molecular flexibility index (Phi) is 2.82. The first-order valence-corrected chi connectivity index (χ1v) is 3.33. The van der Waals surface area contributed by atoms with Crippen LogP contribution in [0.4, 0.5) is 0 Å². The number of esters is 1. The van der Waals surface area contributed by atoms with Gasteiger partial charge >= 0.3 is 5.97 Å². The molecule has 0 bridgehead atoms. The standard InChI is InChI=1S/C8H6N2O3/c1-13-8(12)3-2-7-9-4-6(11)5-10-7/h4-5,11H,1H3. The number of nitrogens with zero attached hydrogens (tertiary/aromatic N) is 2. The van der Waals surface area contributed by atoms with Gasteiger partial charge < -0.3 is 9.84 Å². The molecular weight excluding hydrogens is 172 g/mol. The Labute approximate surface area is 74.4 Å². The van der Waals surface area contributed by atoms with E-state index in [2.05, 4.69) is 26.5 Å². The van der Waals surface area contributed by atoms with Gasteiger partial charge in [-0.25, -0.2) is 14.8 Å². The summed E-state index contributed by atoms with van der Waals surface area (Å²) in [5.74, 6) is 3.96. The van der Waals surface area contributed by atoms with Crippen molar-refractivity contribution in [2.24, 2.45) is 0 Å². The molecule has 0 aliphatic carbocycles. The van der Waals surface area contributed by atoms with Crippen molar-refractivity contribution in [3.63, 3.8) is 0 Å². The average Bonchev–Trinajstić information content (AvgIpc) is 2.16. The maximum atomic E-state index is 10.6. The van der Waals surface area contributed by atoms with Gasteiger partial charge in [0.1, 0.15) is 0 Å². The third kappa shape index (κ3) is 2.79. The number of aromatic nitrogens is 2. The molecule has 66 valence electrons. The molecule has 13 heavy (non-hydrogen) atoms. The summed E-state index contributed by atoms with van der Waals surface area (Å²) in [4.78, 5) is 17.8. The number of hydrogen-bond donors (Lipinski definition) is 1. The fourth-order valence-corrected chi connectivity index (χ4v) is 0.544. The molecule has 0 atom stereocenters. The fourth-order valence-electron chi connectivity index (χ4n) is 0.544. The molecule has 0 spiro atoms. The van der Waals surface area contributed by atoms with Crippen LogP contribution in [0, 0.1) is 11.8 Å². The number of rotatable bonds is 0. The van der Waals surface area contributed by atoms with Crippen LogP contribution >= 0.6 is 0 Å². The van der Waals surface area contributed by atoms with Crippen LogP contribution in [0.3, 0.4) is 0 Å². The monoisotopic (exact) mass is 178 g/mol. The minimum Gasteiger partial charge on any atom is -0.505 e. The maximum Gasteiger partial charge on any atom is 0.384 e. The number of carbonyl (C=O) groups excluding carboxylic acids is 1. The first kappa shape index (κ1) is 9.00. The first-order valence-electron chi connectivity index (χ1n) is 3.33. The van der Waals surface area contributed by atoms with Gasteiger partial charge in [0.2, 0.25) is 5.82 Å². The van der Waals surface area contributed by atoms with Crippen LogP contribution in [0.25, 0.3) is 0 Å². The summed E-state index contributed by atoms with van der Waals surface area (Å²) in [5, 5.41) is 8.82. The van der Waals surface area contributed by atoms with Crippen molar-refractivity contribution >= 4 is 5.97 Å². The van der Waals surface area contributed by atoms with E-state index in [1.54, 1.807) is 0 Å². The Hall–Kier alpha value is -2.09. The van der Waals surface area contributed by atoms with Crippen molar-refractivity contribution in [1.82, 2.24) is 9.97 Å². The lowest BCUT2D eigenvalue weighted by Crippen LogP contribution is -1.95. The van der Waals surface area contributed by atoms with E-state index >= 15 is 0 Å². The Morgan fingerprint density at radius 2 is 2.15 bits per heavy atom. The van der Waals surface area contributed by atoms with E-state index in [1.807, 2.05) is 0 Å². The highest BCUT2D eigenvalue weighted by molar-refractivity contribution is 5.88. The highest BCUT2D eigenvalue weighted by Crippen LogP contribution is 2.00. The van der Waals surface area contributed by atoms with Crippen LogP contribution in [-0.4, -0.2) is 28.2 Å². The van der Waals surface area contributed by atoms with Crippen LogP contribution < -0.4 is 0 Å². The third-order valence-electron chi connectivity index (χ3n) is 1.10. The van der Waals surface area contributed by atoms with Crippen LogP contribution in [0.15, 0.2) is 12.4 Å². The van der Waals surface area contributed by atoms with Gasteiger partial charge in [-0.1, -0.05) is 0 Å². The Morgan fingerprint density at radius 3 is 2.69 bits per heavy atom. The van der Waals surface area contributed by atoms with Gasteiger partial charge in [-0.15, -0.1) is 0 Å². The van der Waals surface area contributed by atoms with Crippen molar-refractivity contribution in [3.05, 3.63) is 18.2 Å². The van der Waals surface area contributed by atoms with Gasteiger partial charge in [0, 0.05) is 5.92 Å². The highest BCUT2D eigenvalue weighted by atomic mass is 16.5. The number of hydrogen-bond acceptors (Lipinski definition) is 5. The van der Waals surface area contributed by atoms with E-state index in [9.17, 15) is 4.79 Å². The van der Waals surface area contributed by atoms with Gasteiger partial charge in [-0.3, -0.25) is 0 Å². The quantitative estimate of drug-likeness (QED) is 0.436. The minimum atomic E-state index is -0.656. The van der Waals surface area contributed by atoms with Crippen LogP contribution in [-0.2, 0) is 9.53 Å². The molecule has 0 fully saturated rings. The van der Waals surface area contributed by atoms with E-state index in [0.29, 0.717) is 0 Å². The second kappa shape index (κ2) is 4.07. The summed E-state index contributed by atoms with van der Waals surface area (Å²) < 4.78 is 4.28. The lowest BCUT2D eigenvalue weighted by atomic mass is 10.5. The van der Waals surface area contributed by atoms with Crippen molar-refractivity contribution in [1.29, 1.82) is 0 Å². The summed E-state index contributed by atoms with van der Waals surface area (Å²) >= 11 is 0. The number of carbonyl (C=O) groups is 1. The Balaban J connectivity index is 2.78. The van der Waals surface area contributed by atoms with E-state index in [0.717, 1.165) is 0 Å². The Bertz CT molecular complexity index is 361. The summed E-state index contributed by atoms with van der Waals surface area (Å²) in [5.41, 5.74) is 0. The van der Waals surface area contributed by atoms with Crippen molar-refractivity contribution < 1.29 is 14.6 Å². The lowest BCUT2D eigenvalue weighted by molar-refractivity contribution is -0.133. The molecule has 0 saturated carbocycles. The van der Waals surface area contributed by atoms with Crippen LogP contribution in [0.5, 0.6) is 5.75 Å². The van der Waals surface area contributed by atoms with Gasteiger partial charge in [0.05, 0.1) is 19.5 Å². The molecule has 0 amide bonds. The third-order valence-corrected chi connectivity index (χ3v) is 1.10. The van der Waals surface area contributed by atoms with Gasteiger partial charge in [-0.05, 0) is 5.92 Å². The van der Waals surface area contributed by atoms with Crippen molar-refractivity contribution in [2.75, 3.05) is 7.11 Å². The molecule has 1 N–H and O–H groups in total. The first-order chi connectivity index (χ1) is 6.22. The summed E-state index contributed by atoms with van der Waals surface area (Å²) in [6.07, 6.45) is 2.38. The molecule has 5 heteroatoms. The zero-order valence-electron chi connectivity index (χ0n) is 6.81. The van der Waals surface area contributed by atoms with Gasteiger partial charge in [0.15, 0.2) is 5.75 Å². The summed E-state index contributed by atoms with van der Waals surface area (Å²) in [6.45, 7) is 0. The summed E-state index contributed by atoms with van der Waals surface area (Å²) in [6, 6.07) is 0. The molecule has 5 nitrogen and oxygen atoms in total. The second-order valence-electron chi connectivity index (χ2n) is 2.01. The van der Waals surface area contributed by atoms with Crippen LogP contribution in [0.1, 0.15) is 5.82 Å². The predicted octanol–water partition coefficient (Wildman–Crippen LogP) is -0.293.